The lowest BCUT2D eigenvalue weighted by Gasteiger charge is -2.22. The van der Waals surface area contributed by atoms with Gasteiger partial charge in [0.05, 0.1) is 17.3 Å². The Balaban J connectivity index is 1.95. The molecule has 2 rings (SSSR count). The Morgan fingerprint density at radius 1 is 1.38 bits per heavy atom. The first-order chi connectivity index (χ1) is 9.90. The molecule has 1 atom stereocenters. The maximum Gasteiger partial charge on any atom is 0.319 e. The Hall–Kier alpha value is -1.56. The molecule has 1 aromatic heterocycles. The van der Waals surface area contributed by atoms with Crippen molar-refractivity contribution in [2.45, 2.75) is 19.4 Å². The van der Waals surface area contributed by atoms with Gasteiger partial charge in [-0.15, -0.1) is 11.3 Å². The van der Waals surface area contributed by atoms with Crippen LogP contribution in [0.1, 0.15) is 17.4 Å². The predicted molar refractivity (Wildman–Crippen MR) is 87.1 cm³/mol. The molecular weight excluding hydrogens is 308 g/mol. The van der Waals surface area contributed by atoms with Gasteiger partial charge in [0, 0.05) is 4.88 Å². The van der Waals surface area contributed by atoms with Gasteiger partial charge in [-0.2, -0.15) is 0 Å². The third-order valence-corrected chi connectivity index (χ3v) is 4.71. The molecule has 3 N–H and O–H groups in total. The van der Waals surface area contributed by atoms with Crippen LogP contribution < -0.4 is 10.6 Å². The molecule has 1 aromatic carbocycles. The van der Waals surface area contributed by atoms with Crippen molar-refractivity contribution in [2.75, 3.05) is 11.9 Å². The highest BCUT2D eigenvalue weighted by atomic mass is 35.5. The SMILES string of the molecule is Cc1cccc(NC(=O)NCC(C)(O)c2cccs2)c1Cl. The number of benzene rings is 1. The van der Waals surface area contributed by atoms with Crippen molar-refractivity contribution >= 4 is 34.7 Å². The first-order valence-corrected chi connectivity index (χ1v) is 7.72. The molecule has 0 bridgehead atoms. The van der Waals surface area contributed by atoms with Gasteiger partial charge in [0.15, 0.2) is 0 Å². The Morgan fingerprint density at radius 3 is 2.81 bits per heavy atom. The van der Waals surface area contributed by atoms with E-state index in [4.69, 9.17) is 11.6 Å². The van der Waals surface area contributed by atoms with E-state index in [0.717, 1.165) is 10.4 Å². The van der Waals surface area contributed by atoms with Crippen LogP contribution in [-0.4, -0.2) is 17.7 Å². The summed E-state index contributed by atoms with van der Waals surface area (Å²) in [5.41, 5.74) is 0.340. The van der Waals surface area contributed by atoms with Crippen LogP contribution in [0.5, 0.6) is 0 Å². The standard InChI is InChI=1S/C15H17ClN2O2S/c1-10-5-3-6-11(13(10)16)18-14(19)17-9-15(2,20)12-7-4-8-21-12/h3-8,20H,9H2,1-2H3,(H2,17,18,19). The number of halogens is 1. The molecular formula is C15H17ClN2O2S. The van der Waals surface area contributed by atoms with Crippen LogP contribution >= 0.6 is 22.9 Å². The van der Waals surface area contributed by atoms with Gasteiger partial charge >= 0.3 is 6.03 Å². The van der Waals surface area contributed by atoms with Gasteiger partial charge in [0.2, 0.25) is 0 Å². The number of thiophene rings is 1. The lowest BCUT2D eigenvalue weighted by atomic mass is 10.1. The molecule has 0 saturated heterocycles. The van der Waals surface area contributed by atoms with E-state index >= 15 is 0 Å². The number of rotatable bonds is 4. The summed E-state index contributed by atoms with van der Waals surface area (Å²) in [4.78, 5) is 12.7. The monoisotopic (exact) mass is 324 g/mol. The zero-order valence-corrected chi connectivity index (χ0v) is 13.4. The number of anilines is 1. The van der Waals surface area contributed by atoms with Crippen LogP contribution in [0.3, 0.4) is 0 Å². The van der Waals surface area contributed by atoms with Crippen LogP contribution in [0.2, 0.25) is 5.02 Å². The number of urea groups is 1. The van der Waals surface area contributed by atoms with E-state index in [1.807, 2.05) is 36.6 Å². The smallest absolute Gasteiger partial charge is 0.319 e. The van der Waals surface area contributed by atoms with Gasteiger partial charge in [0.25, 0.3) is 0 Å². The Morgan fingerprint density at radius 2 is 2.14 bits per heavy atom. The van der Waals surface area contributed by atoms with Crippen molar-refractivity contribution in [3.63, 3.8) is 0 Å². The lowest BCUT2D eigenvalue weighted by Crippen LogP contribution is -2.40. The molecule has 21 heavy (non-hydrogen) atoms. The minimum absolute atomic E-state index is 0.114. The van der Waals surface area contributed by atoms with Crippen LogP contribution in [0, 0.1) is 6.92 Å². The molecule has 2 aromatic rings. The Labute approximate surface area is 132 Å². The first kappa shape index (κ1) is 15.8. The average molecular weight is 325 g/mol. The molecule has 0 saturated carbocycles. The van der Waals surface area contributed by atoms with Crippen molar-refractivity contribution in [3.05, 3.63) is 51.2 Å². The van der Waals surface area contributed by atoms with Crippen molar-refractivity contribution < 1.29 is 9.90 Å². The van der Waals surface area contributed by atoms with Crippen molar-refractivity contribution in [2.24, 2.45) is 0 Å². The van der Waals surface area contributed by atoms with Gasteiger partial charge in [-0.3, -0.25) is 0 Å². The molecule has 0 aliphatic rings. The van der Waals surface area contributed by atoms with E-state index in [2.05, 4.69) is 10.6 Å². The summed E-state index contributed by atoms with van der Waals surface area (Å²) in [5.74, 6) is 0. The first-order valence-electron chi connectivity index (χ1n) is 6.46. The summed E-state index contributed by atoms with van der Waals surface area (Å²) in [6.07, 6.45) is 0. The van der Waals surface area contributed by atoms with E-state index in [9.17, 15) is 9.90 Å². The maximum absolute atomic E-state index is 11.9. The minimum atomic E-state index is -1.10. The number of hydrogen-bond donors (Lipinski definition) is 3. The maximum atomic E-state index is 11.9. The summed E-state index contributed by atoms with van der Waals surface area (Å²) >= 11 is 7.57. The van der Waals surface area contributed by atoms with Crippen LogP contribution in [0.25, 0.3) is 0 Å². The van der Waals surface area contributed by atoms with Crippen LogP contribution in [0.15, 0.2) is 35.7 Å². The van der Waals surface area contributed by atoms with E-state index in [1.54, 1.807) is 13.0 Å². The molecule has 0 radical (unpaired) electrons. The van der Waals surface area contributed by atoms with Crippen LogP contribution in [-0.2, 0) is 5.60 Å². The van der Waals surface area contributed by atoms with Gasteiger partial charge in [0.1, 0.15) is 5.60 Å². The second-order valence-corrected chi connectivity index (χ2v) is 6.32. The van der Waals surface area contributed by atoms with E-state index in [1.165, 1.54) is 11.3 Å². The number of hydrogen-bond acceptors (Lipinski definition) is 3. The molecule has 0 aliphatic heterocycles. The summed E-state index contributed by atoms with van der Waals surface area (Å²) < 4.78 is 0. The predicted octanol–water partition coefficient (Wildman–Crippen LogP) is 3.74. The van der Waals surface area contributed by atoms with E-state index < -0.39 is 11.6 Å². The highest BCUT2D eigenvalue weighted by molar-refractivity contribution is 7.10. The molecule has 0 spiro atoms. The molecule has 0 fully saturated rings. The third kappa shape index (κ3) is 3.97. The average Bonchev–Trinajstić information content (AvgIpc) is 2.97. The summed E-state index contributed by atoms with van der Waals surface area (Å²) in [7, 11) is 0. The van der Waals surface area contributed by atoms with Crippen molar-refractivity contribution in [3.8, 4) is 0 Å². The summed E-state index contributed by atoms with van der Waals surface area (Å²) in [5, 5.41) is 18.1. The fraction of sp³-hybridized carbons (Fsp3) is 0.267. The number of aliphatic hydroxyl groups is 1. The third-order valence-electron chi connectivity index (χ3n) is 3.09. The zero-order chi connectivity index (χ0) is 15.5. The van der Waals surface area contributed by atoms with Gasteiger partial charge in [-0.1, -0.05) is 29.8 Å². The van der Waals surface area contributed by atoms with E-state index in [0.29, 0.717) is 10.7 Å². The van der Waals surface area contributed by atoms with E-state index in [-0.39, 0.29) is 6.54 Å². The summed E-state index contributed by atoms with van der Waals surface area (Å²) in [6.45, 7) is 3.65. The second-order valence-electron chi connectivity index (χ2n) is 5.00. The number of nitrogens with one attached hydrogen (secondary N) is 2. The van der Waals surface area contributed by atoms with Gasteiger partial charge in [-0.05, 0) is 36.9 Å². The zero-order valence-electron chi connectivity index (χ0n) is 11.8. The van der Waals surface area contributed by atoms with Gasteiger partial charge in [-0.25, -0.2) is 4.79 Å². The molecule has 1 unspecified atom stereocenters. The molecule has 6 heteroatoms. The highest BCUT2D eigenvalue weighted by Gasteiger charge is 2.24. The highest BCUT2D eigenvalue weighted by Crippen LogP contribution is 2.26. The molecule has 4 nitrogen and oxygen atoms in total. The second kappa shape index (κ2) is 6.47. The van der Waals surface area contributed by atoms with Crippen molar-refractivity contribution in [1.29, 1.82) is 0 Å². The minimum Gasteiger partial charge on any atom is -0.383 e. The number of amides is 2. The molecule has 0 aliphatic carbocycles. The molecule has 112 valence electrons. The normalized spacial score (nSPS) is 13.5. The molecule has 2 amide bonds. The quantitative estimate of drug-likeness (QED) is 0.802. The fourth-order valence-corrected chi connectivity index (χ4v) is 2.80. The van der Waals surface area contributed by atoms with Crippen LogP contribution in [0.4, 0.5) is 10.5 Å². The summed E-state index contributed by atoms with van der Waals surface area (Å²) in [6, 6.07) is 8.71. The van der Waals surface area contributed by atoms with Gasteiger partial charge < -0.3 is 15.7 Å². The number of carbonyl (C=O) groups is 1. The number of carbonyl (C=O) groups excluding carboxylic acids is 1. The van der Waals surface area contributed by atoms with Crippen molar-refractivity contribution in [1.82, 2.24) is 5.32 Å². The lowest BCUT2D eigenvalue weighted by molar-refractivity contribution is 0.0637. The number of aryl methyl sites for hydroxylation is 1. The molecule has 1 heterocycles. The fourth-order valence-electron chi connectivity index (χ4n) is 1.83. The Bertz CT molecular complexity index is 627. The topological polar surface area (TPSA) is 61.4 Å². The largest absolute Gasteiger partial charge is 0.383 e. The Kier molecular flexibility index (Phi) is 4.88.